The SMILES string of the molecule is CCC(CCO)NC(=O)c1csc(-c2ccccc2C)n1. The number of carbonyl (C=O) groups is 1. The first-order chi connectivity index (χ1) is 10.2. The molecule has 1 aromatic carbocycles. The summed E-state index contributed by atoms with van der Waals surface area (Å²) in [6.07, 6.45) is 1.36. The molecule has 2 rings (SSSR count). The van der Waals surface area contributed by atoms with Gasteiger partial charge in [-0.2, -0.15) is 0 Å². The van der Waals surface area contributed by atoms with E-state index in [0.29, 0.717) is 12.1 Å². The number of thiazole rings is 1. The Morgan fingerprint density at radius 1 is 1.43 bits per heavy atom. The van der Waals surface area contributed by atoms with E-state index in [1.54, 1.807) is 5.38 Å². The molecule has 4 nitrogen and oxygen atoms in total. The summed E-state index contributed by atoms with van der Waals surface area (Å²) in [5, 5.41) is 14.5. The highest BCUT2D eigenvalue weighted by molar-refractivity contribution is 7.13. The summed E-state index contributed by atoms with van der Waals surface area (Å²) in [4.78, 5) is 16.6. The average Bonchev–Trinajstić information content (AvgIpc) is 2.97. The minimum absolute atomic E-state index is 0.00823. The molecule has 1 aromatic heterocycles. The molecule has 1 amide bonds. The van der Waals surface area contributed by atoms with Gasteiger partial charge in [-0.1, -0.05) is 31.2 Å². The zero-order valence-electron chi connectivity index (χ0n) is 12.3. The molecule has 112 valence electrons. The van der Waals surface area contributed by atoms with Gasteiger partial charge in [0.05, 0.1) is 0 Å². The maximum absolute atomic E-state index is 12.2. The standard InChI is InChI=1S/C16H20N2O2S/c1-3-12(8-9-19)17-15(20)14-10-21-16(18-14)13-7-5-4-6-11(13)2/h4-7,10,12,19H,3,8-9H2,1-2H3,(H,17,20). The van der Waals surface area contributed by atoms with Crippen LogP contribution < -0.4 is 5.32 Å². The summed E-state index contributed by atoms with van der Waals surface area (Å²) in [6, 6.07) is 7.99. The molecule has 0 saturated heterocycles. The Hall–Kier alpha value is -1.72. The van der Waals surface area contributed by atoms with Gasteiger partial charge in [-0.3, -0.25) is 4.79 Å². The number of rotatable bonds is 6. The van der Waals surface area contributed by atoms with Gasteiger partial charge in [0.2, 0.25) is 0 Å². The van der Waals surface area contributed by atoms with Crippen molar-refractivity contribution in [2.24, 2.45) is 0 Å². The molecule has 5 heteroatoms. The number of aryl methyl sites for hydroxylation is 1. The van der Waals surface area contributed by atoms with Crippen molar-refractivity contribution in [2.45, 2.75) is 32.7 Å². The number of aliphatic hydroxyl groups is 1. The third-order valence-corrected chi connectivity index (χ3v) is 4.29. The van der Waals surface area contributed by atoms with Gasteiger partial charge in [-0.15, -0.1) is 11.3 Å². The van der Waals surface area contributed by atoms with Crippen molar-refractivity contribution in [3.8, 4) is 10.6 Å². The average molecular weight is 304 g/mol. The van der Waals surface area contributed by atoms with Crippen LogP contribution >= 0.6 is 11.3 Å². The zero-order chi connectivity index (χ0) is 15.2. The highest BCUT2D eigenvalue weighted by Crippen LogP contribution is 2.26. The van der Waals surface area contributed by atoms with E-state index < -0.39 is 0 Å². The number of hydrogen-bond acceptors (Lipinski definition) is 4. The third-order valence-electron chi connectivity index (χ3n) is 3.42. The fourth-order valence-electron chi connectivity index (χ4n) is 2.11. The Bertz CT molecular complexity index is 610. The van der Waals surface area contributed by atoms with E-state index in [4.69, 9.17) is 5.11 Å². The van der Waals surface area contributed by atoms with Gasteiger partial charge in [0.25, 0.3) is 5.91 Å². The minimum atomic E-state index is -0.175. The van der Waals surface area contributed by atoms with Crippen LogP contribution in [0.1, 0.15) is 35.8 Å². The summed E-state index contributed by atoms with van der Waals surface area (Å²) in [5.74, 6) is -0.175. The van der Waals surface area contributed by atoms with Crippen molar-refractivity contribution < 1.29 is 9.90 Å². The summed E-state index contributed by atoms with van der Waals surface area (Å²) < 4.78 is 0. The highest BCUT2D eigenvalue weighted by atomic mass is 32.1. The van der Waals surface area contributed by atoms with Gasteiger partial charge < -0.3 is 10.4 Å². The number of amides is 1. The maximum Gasteiger partial charge on any atom is 0.270 e. The van der Waals surface area contributed by atoms with Gasteiger partial charge >= 0.3 is 0 Å². The molecule has 2 aromatic rings. The van der Waals surface area contributed by atoms with E-state index in [1.807, 2.05) is 38.1 Å². The van der Waals surface area contributed by atoms with Crippen LogP contribution in [0.5, 0.6) is 0 Å². The van der Waals surface area contributed by atoms with Crippen LogP contribution in [0.2, 0.25) is 0 Å². The number of benzene rings is 1. The summed E-state index contributed by atoms with van der Waals surface area (Å²) in [6.45, 7) is 4.09. The van der Waals surface area contributed by atoms with Crippen molar-refractivity contribution in [3.05, 3.63) is 40.9 Å². The predicted molar refractivity (Wildman–Crippen MR) is 85.5 cm³/mol. The van der Waals surface area contributed by atoms with E-state index in [1.165, 1.54) is 11.3 Å². The monoisotopic (exact) mass is 304 g/mol. The second-order valence-corrected chi connectivity index (χ2v) is 5.80. The smallest absolute Gasteiger partial charge is 0.270 e. The molecule has 1 atom stereocenters. The van der Waals surface area contributed by atoms with Crippen molar-refractivity contribution in [3.63, 3.8) is 0 Å². The van der Waals surface area contributed by atoms with Gasteiger partial charge in [0, 0.05) is 23.6 Å². The number of nitrogens with zero attached hydrogens (tertiary/aromatic N) is 1. The van der Waals surface area contributed by atoms with Crippen LogP contribution in [0.3, 0.4) is 0 Å². The Balaban J connectivity index is 2.13. The number of aliphatic hydroxyl groups excluding tert-OH is 1. The minimum Gasteiger partial charge on any atom is -0.396 e. The highest BCUT2D eigenvalue weighted by Gasteiger charge is 2.15. The molecule has 0 aliphatic rings. The van der Waals surface area contributed by atoms with Crippen molar-refractivity contribution >= 4 is 17.2 Å². The third kappa shape index (κ3) is 3.89. The summed E-state index contributed by atoms with van der Waals surface area (Å²) >= 11 is 1.47. The fraction of sp³-hybridized carbons (Fsp3) is 0.375. The molecule has 0 aliphatic heterocycles. The number of nitrogens with one attached hydrogen (secondary N) is 1. The Morgan fingerprint density at radius 3 is 2.86 bits per heavy atom. The lowest BCUT2D eigenvalue weighted by Crippen LogP contribution is -2.35. The molecular formula is C16H20N2O2S. The molecule has 21 heavy (non-hydrogen) atoms. The van der Waals surface area contributed by atoms with E-state index in [0.717, 1.165) is 22.6 Å². The normalized spacial score (nSPS) is 12.1. The van der Waals surface area contributed by atoms with Crippen LogP contribution in [0, 0.1) is 6.92 Å². The van der Waals surface area contributed by atoms with Crippen LogP contribution in [0.4, 0.5) is 0 Å². The first-order valence-electron chi connectivity index (χ1n) is 7.09. The molecular weight excluding hydrogens is 284 g/mol. The van der Waals surface area contributed by atoms with E-state index in [2.05, 4.69) is 10.3 Å². The molecule has 1 unspecified atom stereocenters. The topological polar surface area (TPSA) is 62.2 Å². The summed E-state index contributed by atoms with van der Waals surface area (Å²) in [7, 11) is 0. The van der Waals surface area contributed by atoms with Crippen LogP contribution in [-0.2, 0) is 0 Å². The molecule has 0 fully saturated rings. The predicted octanol–water partition coefficient (Wildman–Crippen LogP) is 3.01. The summed E-state index contributed by atoms with van der Waals surface area (Å²) in [5.41, 5.74) is 2.64. The van der Waals surface area contributed by atoms with Gasteiger partial charge in [0.1, 0.15) is 10.7 Å². The molecule has 0 aliphatic carbocycles. The lowest BCUT2D eigenvalue weighted by Gasteiger charge is -2.14. The molecule has 0 saturated carbocycles. The van der Waals surface area contributed by atoms with Crippen LogP contribution in [-0.4, -0.2) is 28.6 Å². The van der Waals surface area contributed by atoms with Crippen molar-refractivity contribution in [1.29, 1.82) is 0 Å². The van der Waals surface area contributed by atoms with E-state index >= 15 is 0 Å². The first kappa shape index (κ1) is 15.7. The van der Waals surface area contributed by atoms with Gasteiger partial charge in [0.15, 0.2) is 0 Å². The second-order valence-electron chi connectivity index (χ2n) is 4.94. The zero-order valence-corrected chi connectivity index (χ0v) is 13.1. The quantitative estimate of drug-likeness (QED) is 0.862. The molecule has 0 radical (unpaired) electrons. The van der Waals surface area contributed by atoms with E-state index in [9.17, 15) is 4.79 Å². The van der Waals surface area contributed by atoms with Gasteiger partial charge in [-0.25, -0.2) is 4.98 Å². The van der Waals surface area contributed by atoms with Crippen molar-refractivity contribution in [2.75, 3.05) is 6.61 Å². The molecule has 1 heterocycles. The lowest BCUT2D eigenvalue weighted by molar-refractivity contribution is 0.0925. The Kier molecular flexibility index (Phi) is 5.47. The molecule has 2 N–H and O–H groups in total. The maximum atomic E-state index is 12.2. The fourth-order valence-corrected chi connectivity index (χ4v) is 3.00. The second kappa shape index (κ2) is 7.33. The van der Waals surface area contributed by atoms with Crippen LogP contribution in [0.15, 0.2) is 29.6 Å². The first-order valence-corrected chi connectivity index (χ1v) is 7.97. The van der Waals surface area contributed by atoms with Crippen LogP contribution in [0.25, 0.3) is 10.6 Å². The van der Waals surface area contributed by atoms with Crippen molar-refractivity contribution in [1.82, 2.24) is 10.3 Å². The lowest BCUT2D eigenvalue weighted by atomic mass is 10.1. The largest absolute Gasteiger partial charge is 0.396 e. The Labute approximate surface area is 128 Å². The number of hydrogen-bond donors (Lipinski definition) is 2. The number of aromatic nitrogens is 1. The van der Waals surface area contributed by atoms with E-state index in [-0.39, 0.29) is 18.6 Å². The molecule has 0 spiro atoms. The Morgan fingerprint density at radius 2 is 2.19 bits per heavy atom. The van der Waals surface area contributed by atoms with Gasteiger partial charge in [-0.05, 0) is 25.3 Å². The number of carbonyl (C=O) groups excluding carboxylic acids is 1. The molecule has 0 bridgehead atoms.